The largest absolute Gasteiger partial charge is 0.493 e. The molecule has 0 radical (unpaired) electrons. The van der Waals surface area contributed by atoms with Crippen LogP contribution in [0.1, 0.15) is 31.4 Å². The van der Waals surface area contributed by atoms with Gasteiger partial charge in [-0.3, -0.25) is 19.8 Å². The highest BCUT2D eigenvalue weighted by atomic mass is 35.5. The third-order valence-electron chi connectivity index (χ3n) is 4.94. The van der Waals surface area contributed by atoms with E-state index in [0.717, 1.165) is 12.0 Å². The summed E-state index contributed by atoms with van der Waals surface area (Å²) in [5, 5.41) is 3.06. The molecule has 0 spiro atoms. The van der Waals surface area contributed by atoms with Gasteiger partial charge in [0.05, 0.1) is 18.9 Å². The number of amides is 2. The summed E-state index contributed by atoms with van der Waals surface area (Å²) in [5.41, 5.74) is 1.81. The van der Waals surface area contributed by atoms with Gasteiger partial charge in [-0.1, -0.05) is 36.7 Å². The van der Waals surface area contributed by atoms with Gasteiger partial charge < -0.3 is 9.47 Å². The summed E-state index contributed by atoms with van der Waals surface area (Å²) < 4.78 is 11.4. The van der Waals surface area contributed by atoms with Gasteiger partial charge in [-0.05, 0) is 62.3 Å². The Morgan fingerprint density at radius 1 is 1.26 bits per heavy atom. The second kappa shape index (κ2) is 9.49. The first-order valence-corrected chi connectivity index (χ1v) is 10.6. The van der Waals surface area contributed by atoms with Crippen LogP contribution in [-0.4, -0.2) is 30.1 Å². The monoisotopic (exact) mass is 458 g/mol. The molecule has 1 N–H and O–H groups in total. The maximum Gasteiger partial charge on any atom is 0.270 e. The minimum absolute atomic E-state index is 0.00575. The summed E-state index contributed by atoms with van der Waals surface area (Å²) in [5.74, 6) is -0.158. The number of carbonyl (C=O) groups excluding carboxylic acids is 2. The molecule has 6 nitrogen and oxygen atoms in total. The Bertz CT molecular complexity index is 1080. The van der Waals surface area contributed by atoms with Gasteiger partial charge in [0, 0.05) is 10.6 Å². The van der Waals surface area contributed by atoms with Gasteiger partial charge in [0.2, 0.25) is 0 Å². The van der Waals surface area contributed by atoms with Crippen LogP contribution >= 0.6 is 23.8 Å². The third kappa shape index (κ3) is 4.73. The van der Waals surface area contributed by atoms with E-state index in [1.165, 1.54) is 18.1 Å². The minimum atomic E-state index is -0.582. The molecular weight excluding hydrogens is 436 g/mol. The quantitative estimate of drug-likeness (QED) is 0.387. The van der Waals surface area contributed by atoms with Crippen molar-refractivity contribution in [2.45, 2.75) is 33.3 Å². The molecule has 8 heteroatoms. The highest BCUT2D eigenvalue weighted by Gasteiger charge is 2.35. The number of carbonyl (C=O) groups is 2. The predicted molar refractivity (Wildman–Crippen MR) is 126 cm³/mol. The minimum Gasteiger partial charge on any atom is -0.493 e. The van der Waals surface area contributed by atoms with Crippen molar-refractivity contribution in [1.29, 1.82) is 0 Å². The van der Waals surface area contributed by atoms with Gasteiger partial charge in [0.1, 0.15) is 5.57 Å². The second-order valence-electron chi connectivity index (χ2n) is 7.11. The van der Waals surface area contributed by atoms with Crippen molar-refractivity contribution in [2.24, 2.45) is 0 Å². The number of halogens is 1. The third-order valence-corrected chi connectivity index (χ3v) is 5.63. The van der Waals surface area contributed by atoms with Gasteiger partial charge in [-0.25, -0.2) is 0 Å². The first-order chi connectivity index (χ1) is 14.8. The lowest BCUT2D eigenvalue weighted by molar-refractivity contribution is -0.122. The molecule has 2 aromatic rings. The van der Waals surface area contributed by atoms with Crippen molar-refractivity contribution >= 4 is 52.5 Å². The molecule has 0 saturated carbocycles. The van der Waals surface area contributed by atoms with Crippen LogP contribution in [-0.2, 0) is 9.59 Å². The molecule has 1 heterocycles. The molecule has 0 aromatic heterocycles. The standard InChI is InChI=1S/C23H23ClN2O4S/c1-5-14(3)30-20-15(7-6-8-19(20)29-4)11-17-21(27)25-23(31)26(22(17)28)16-10-9-13(2)18(24)12-16/h6-12,14H,5H2,1-4H3,(H,25,27,31)/b17-11+/t14-/m1/s1. The number of nitrogens with one attached hydrogen (secondary N) is 1. The van der Waals surface area contributed by atoms with Crippen molar-refractivity contribution < 1.29 is 19.1 Å². The molecule has 1 atom stereocenters. The first kappa shape index (κ1) is 22.8. The van der Waals surface area contributed by atoms with Crippen LogP contribution in [0.15, 0.2) is 42.0 Å². The summed E-state index contributed by atoms with van der Waals surface area (Å²) in [7, 11) is 1.54. The summed E-state index contributed by atoms with van der Waals surface area (Å²) in [6, 6.07) is 10.4. The van der Waals surface area contributed by atoms with Gasteiger partial charge in [0.25, 0.3) is 11.8 Å². The van der Waals surface area contributed by atoms with Gasteiger partial charge >= 0.3 is 0 Å². The Hall–Kier alpha value is -2.90. The van der Waals surface area contributed by atoms with E-state index in [0.29, 0.717) is 27.8 Å². The second-order valence-corrected chi connectivity index (χ2v) is 7.90. The van der Waals surface area contributed by atoms with E-state index < -0.39 is 11.8 Å². The SMILES string of the molecule is CC[C@@H](C)Oc1c(/C=C2\C(=O)NC(=S)N(c3ccc(C)c(Cl)c3)C2=O)cccc1OC. The molecule has 0 unspecified atom stereocenters. The number of para-hydroxylation sites is 1. The summed E-state index contributed by atoms with van der Waals surface area (Å²) in [4.78, 5) is 27.2. The zero-order chi connectivity index (χ0) is 22.7. The zero-order valence-corrected chi connectivity index (χ0v) is 19.3. The number of nitrogens with zero attached hydrogens (tertiary/aromatic N) is 1. The maximum atomic E-state index is 13.3. The average molecular weight is 459 g/mol. The Morgan fingerprint density at radius 3 is 2.65 bits per heavy atom. The number of benzene rings is 2. The van der Waals surface area contributed by atoms with Crippen LogP contribution in [0.5, 0.6) is 11.5 Å². The van der Waals surface area contributed by atoms with Gasteiger partial charge in [-0.2, -0.15) is 0 Å². The van der Waals surface area contributed by atoms with Crippen LogP contribution in [0, 0.1) is 6.92 Å². The zero-order valence-electron chi connectivity index (χ0n) is 17.7. The van der Waals surface area contributed by atoms with Crippen LogP contribution in [0.25, 0.3) is 6.08 Å². The topological polar surface area (TPSA) is 67.9 Å². The molecular formula is C23H23ClN2O4S. The van der Waals surface area contributed by atoms with Crippen LogP contribution in [0.2, 0.25) is 5.02 Å². The summed E-state index contributed by atoms with van der Waals surface area (Å²) in [6.07, 6.45) is 2.19. The fourth-order valence-electron chi connectivity index (χ4n) is 2.99. The Kier molecular flexibility index (Phi) is 6.97. The van der Waals surface area contributed by atoms with Gasteiger partial charge in [-0.15, -0.1) is 0 Å². The van der Waals surface area contributed by atoms with Crippen LogP contribution < -0.4 is 19.7 Å². The van der Waals surface area contributed by atoms with Gasteiger partial charge in [0.15, 0.2) is 16.6 Å². The van der Waals surface area contributed by atoms with Crippen molar-refractivity contribution in [1.82, 2.24) is 5.32 Å². The lowest BCUT2D eigenvalue weighted by Gasteiger charge is -2.29. The number of anilines is 1. The molecule has 2 amide bonds. The maximum absolute atomic E-state index is 13.3. The number of hydrogen-bond donors (Lipinski definition) is 1. The molecule has 2 aromatic carbocycles. The van der Waals surface area contributed by atoms with Crippen molar-refractivity contribution in [2.75, 3.05) is 12.0 Å². The lowest BCUT2D eigenvalue weighted by atomic mass is 10.1. The van der Waals surface area contributed by atoms with E-state index in [2.05, 4.69) is 5.32 Å². The number of rotatable bonds is 6. The summed E-state index contributed by atoms with van der Waals surface area (Å²) in [6.45, 7) is 5.79. The first-order valence-electron chi connectivity index (χ1n) is 9.78. The molecule has 1 aliphatic heterocycles. The molecule has 3 rings (SSSR count). The molecule has 31 heavy (non-hydrogen) atoms. The number of hydrogen-bond acceptors (Lipinski definition) is 5. The van der Waals surface area contributed by atoms with E-state index >= 15 is 0 Å². The number of methoxy groups -OCH3 is 1. The smallest absolute Gasteiger partial charge is 0.270 e. The Labute approximate surface area is 191 Å². The Morgan fingerprint density at radius 2 is 2.00 bits per heavy atom. The average Bonchev–Trinajstić information content (AvgIpc) is 2.74. The van der Waals surface area contributed by atoms with E-state index in [-0.39, 0.29) is 16.8 Å². The van der Waals surface area contributed by atoms with Crippen LogP contribution in [0.4, 0.5) is 5.69 Å². The molecule has 1 aliphatic rings. The summed E-state index contributed by atoms with van der Waals surface area (Å²) >= 11 is 11.5. The molecule has 1 fully saturated rings. The van der Waals surface area contributed by atoms with E-state index in [9.17, 15) is 9.59 Å². The lowest BCUT2D eigenvalue weighted by Crippen LogP contribution is -2.54. The van der Waals surface area contributed by atoms with E-state index in [1.807, 2.05) is 20.8 Å². The van der Waals surface area contributed by atoms with Crippen LogP contribution in [0.3, 0.4) is 0 Å². The number of ether oxygens (including phenoxy) is 2. The van der Waals surface area contributed by atoms with Crippen molar-refractivity contribution in [3.63, 3.8) is 0 Å². The fourth-order valence-corrected chi connectivity index (χ4v) is 3.44. The Balaban J connectivity index is 2.07. The van der Waals surface area contributed by atoms with Crippen molar-refractivity contribution in [3.8, 4) is 11.5 Å². The molecule has 162 valence electrons. The highest BCUT2D eigenvalue weighted by molar-refractivity contribution is 7.80. The molecule has 0 bridgehead atoms. The number of thiocarbonyl (C=S) groups is 1. The normalized spacial score (nSPS) is 16.4. The fraction of sp³-hybridized carbons (Fsp3) is 0.261. The van der Waals surface area contributed by atoms with E-state index in [4.69, 9.17) is 33.3 Å². The molecule has 0 aliphatic carbocycles. The number of aryl methyl sites for hydroxylation is 1. The highest BCUT2D eigenvalue weighted by Crippen LogP contribution is 2.35. The van der Waals surface area contributed by atoms with E-state index in [1.54, 1.807) is 36.4 Å². The molecule has 1 saturated heterocycles. The van der Waals surface area contributed by atoms with Crippen molar-refractivity contribution in [3.05, 3.63) is 58.1 Å². The predicted octanol–water partition coefficient (Wildman–Crippen LogP) is 4.67.